The molecule has 4 nitrogen and oxygen atoms in total. The standard InChI is InChI=1S/C27H21Cl2NO3/c1-31-26-16-20(15-25(29)27(26)32-18-19-6-5-7-21(28)14-19)17-30-22-10-12-24(13-11-22)33-23-8-3-2-4-9-23/h2-17H,18H2,1H3. The molecule has 0 radical (unpaired) electrons. The Bertz CT molecular complexity index is 1240. The van der Waals surface area contributed by atoms with Crippen molar-refractivity contribution < 1.29 is 14.2 Å². The van der Waals surface area contributed by atoms with Gasteiger partial charge < -0.3 is 14.2 Å². The molecular formula is C27H21Cl2NO3. The molecule has 0 unspecified atom stereocenters. The number of ether oxygens (including phenoxy) is 3. The van der Waals surface area contributed by atoms with Crippen molar-refractivity contribution in [2.75, 3.05) is 7.11 Å². The van der Waals surface area contributed by atoms with Gasteiger partial charge >= 0.3 is 0 Å². The zero-order chi connectivity index (χ0) is 23.0. The van der Waals surface area contributed by atoms with Crippen molar-refractivity contribution in [1.29, 1.82) is 0 Å². The van der Waals surface area contributed by atoms with Gasteiger partial charge in [-0.15, -0.1) is 0 Å². The minimum Gasteiger partial charge on any atom is -0.493 e. The first-order chi connectivity index (χ1) is 16.1. The molecule has 0 aliphatic heterocycles. The number of benzene rings is 4. The Morgan fingerprint density at radius 3 is 2.30 bits per heavy atom. The molecule has 166 valence electrons. The summed E-state index contributed by atoms with van der Waals surface area (Å²) >= 11 is 12.5. The summed E-state index contributed by atoms with van der Waals surface area (Å²) in [6.45, 7) is 0.321. The van der Waals surface area contributed by atoms with Gasteiger partial charge in [0.05, 0.1) is 17.8 Å². The lowest BCUT2D eigenvalue weighted by atomic mass is 10.2. The first-order valence-corrected chi connectivity index (χ1v) is 11.0. The number of rotatable bonds is 8. The predicted octanol–water partition coefficient (Wildman–Crippen LogP) is 8.12. The summed E-state index contributed by atoms with van der Waals surface area (Å²) in [6.07, 6.45) is 1.72. The van der Waals surface area contributed by atoms with Crippen molar-refractivity contribution in [1.82, 2.24) is 0 Å². The number of halogens is 2. The van der Waals surface area contributed by atoms with Crippen molar-refractivity contribution in [3.63, 3.8) is 0 Å². The Labute approximate surface area is 203 Å². The van der Waals surface area contributed by atoms with Crippen molar-refractivity contribution >= 4 is 35.1 Å². The summed E-state index contributed by atoms with van der Waals surface area (Å²) in [5, 5.41) is 1.09. The molecule has 0 saturated heterocycles. The van der Waals surface area contributed by atoms with Gasteiger partial charge in [0.2, 0.25) is 0 Å². The second kappa shape index (κ2) is 10.9. The molecule has 4 rings (SSSR count). The van der Waals surface area contributed by atoms with Crippen LogP contribution in [-0.4, -0.2) is 13.3 Å². The Morgan fingerprint density at radius 2 is 1.58 bits per heavy atom. The molecule has 0 spiro atoms. The van der Waals surface area contributed by atoms with Crippen molar-refractivity contribution in [2.45, 2.75) is 6.61 Å². The molecule has 0 fully saturated rings. The minimum absolute atomic E-state index is 0.321. The number of methoxy groups -OCH3 is 1. The van der Waals surface area contributed by atoms with Crippen molar-refractivity contribution in [3.8, 4) is 23.0 Å². The third-order valence-corrected chi connectivity index (χ3v) is 5.22. The number of nitrogens with zero attached hydrogens (tertiary/aromatic N) is 1. The van der Waals surface area contributed by atoms with Gasteiger partial charge in [0.25, 0.3) is 0 Å². The third kappa shape index (κ3) is 6.28. The highest BCUT2D eigenvalue weighted by Gasteiger charge is 2.12. The third-order valence-electron chi connectivity index (χ3n) is 4.70. The van der Waals surface area contributed by atoms with E-state index in [1.807, 2.05) is 84.9 Å². The van der Waals surface area contributed by atoms with Crippen LogP contribution in [0.3, 0.4) is 0 Å². The average Bonchev–Trinajstić information content (AvgIpc) is 2.83. The lowest BCUT2D eigenvalue weighted by Crippen LogP contribution is -1.99. The van der Waals surface area contributed by atoms with E-state index in [1.54, 1.807) is 19.4 Å². The molecule has 0 amide bonds. The van der Waals surface area contributed by atoms with E-state index >= 15 is 0 Å². The summed E-state index contributed by atoms with van der Waals surface area (Å²) in [4.78, 5) is 4.52. The molecule has 0 atom stereocenters. The maximum absolute atomic E-state index is 6.48. The van der Waals surface area contributed by atoms with Gasteiger partial charge in [-0.05, 0) is 71.8 Å². The highest BCUT2D eigenvalue weighted by molar-refractivity contribution is 6.32. The zero-order valence-corrected chi connectivity index (χ0v) is 19.4. The maximum Gasteiger partial charge on any atom is 0.180 e. The molecule has 0 aliphatic carbocycles. The first kappa shape index (κ1) is 22.7. The summed E-state index contributed by atoms with van der Waals surface area (Å²) in [5.41, 5.74) is 2.51. The normalized spacial score (nSPS) is 10.9. The smallest absolute Gasteiger partial charge is 0.180 e. The Hall–Kier alpha value is -3.47. The van der Waals surface area contributed by atoms with Gasteiger partial charge in [-0.25, -0.2) is 0 Å². The van der Waals surface area contributed by atoms with Crippen LogP contribution in [0, 0.1) is 0 Å². The van der Waals surface area contributed by atoms with Gasteiger partial charge in [0, 0.05) is 11.2 Å². The van der Waals surface area contributed by atoms with E-state index in [0.29, 0.717) is 28.2 Å². The molecule has 4 aromatic rings. The largest absolute Gasteiger partial charge is 0.493 e. The fourth-order valence-corrected chi connectivity index (χ4v) is 3.60. The van der Waals surface area contributed by atoms with E-state index in [9.17, 15) is 0 Å². The van der Waals surface area contributed by atoms with Crippen LogP contribution in [0.1, 0.15) is 11.1 Å². The van der Waals surface area contributed by atoms with E-state index in [0.717, 1.165) is 28.3 Å². The van der Waals surface area contributed by atoms with Gasteiger partial charge in [-0.2, -0.15) is 0 Å². The number of hydrogen-bond donors (Lipinski definition) is 0. The van der Waals surface area contributed by atoms with Gasteiger partial charge in [0.15, 0.2) is 11.5 Å². The molecule has 0 saturated carbocycles. The van der Waals surface area contributed by atoms with Crippen LogP contribution in [0.5, 0.6) is 23.0 Å². The Kier molecular flexibility index (Phi) is 7.51. The van der Waals surface area contributed by atoms with Crippen LogP contribution in [0.2, 0.25) is 10.0 Å². The maximum atomic E-state index is 6.48. The predicted molar refractivity (Wildman–Crippen MR) is 134 cm³/mol. The number of aliphatic imine (C=N–C) groups is 1. The topological polar surface area (TPSA) is 40.0 Å². The molecule has 0 bridgehead atoms. The van der Waals surface area contributed by atoms with Crippen molar-refractivity contribution in [2.24, 2.45) is 4.99 Å². The number of para-hydroxylation sites is 1. The average molecular weight is 478 g/mol. The Morgan fingerprint density at radius 1 is 0.818 bits per heavy atom. The van der Waals surface area contributed by atoms with Crippen LogP contribution in [0.25, 0.3) is 0 Å². The van der Waals surface area contributed by atoms with E-state index in [-0.39, 0.29) is 0 Å². The van der Waals surface area contributed by atoms with Crippen LogP contribution < -0.4 is 14.2 Å². The second-order valence-electron chi connectivity index (χ2n) is 7.12. The highest BCUT2D eigenvalue weighted by atomic mass is 35.5. The quantitative estimate of drug-likeness (QED) is 0.240. The van der Waals surface area contributed by atoms with Crippen LogP contribution in [0.4, 0.5) is 5.69 Å². The Balaban J connectivity index is 1.45. The van der Waals surface area contributed by atoms with E-state index in [4.69, 9.17) is 37.4 Å². The van der Waals surface area contributed by atoms with E-state index < -0.39 is 0 Å². The lowest BCUT2D eigenvalue weighted by molar-refractivity contribution is 0.284. The molecule has 0 N–H and O–H groups in total. The highest BCUT2D eigenvalue weighted by Crippen LogP contribution is 2.37. The SMILES string of the molecule is COc1cc(C=Nc2ccc(Oc3ccccc3)cc2)cc(Cl)c1OCc1cccc(Cl)c1. The molecule has 0 heterocycles. The number of hydrogen-bond acceptors (Lipinski definition) is 4. The summed E-state index contributed by atoms with van der Waals surface area (Å²) in [6, 6.07) is 28.2. The zero-order valence-electron chi connectivity index (χ0n) is 17.9. The van der Waals surface area contributed by atoms with Gasteiger partial charge in [-0.3, -0.25) is 4.99 Å². The van der Waals surface area contributed by atoms with Crippen LogP contribution in [0.15, 0.2) is 96.0 Å². The summed E-state index contributed by atoms with van der Waals surface area (Å²) in [5.74, 6) is 2.52. The molecule has 0 aliphatic rings. The first-order valence-electron chi connectivity index (χ1n) is 10.2. The van der Waals surface area contributed by atoms with Crippen LogP contribution >= 0.6 is 23.2 Å². The van der Waals surface area contributed by atoms with Gasteiger partial charge in [-0.1, -0.05) is 53.5 Å². The van der Waals surface area contributed by atoms with E-state index in [2.05, 4.69) is 4.99 Å². The summed E-state index contributed by atoms with van der Waals surface area (Å²) in [7, 11) is 1.57. The lowest BCUT2D eigenvalue weighted by Gasteiger charge is -2.13. The molecule has 33 heavy (non-hydrogen) atoms. The fourth-order valence-electron chi connectivity index (χ4n) is 3.11. The van der Waals surface area contributed by atoms with E-state index in [1.165, 1.54) is 0 Å². The second-order valence-corrected chi connectivity index (χ2v) is 7.96. The van der Waals surface area contributed by atoms with Gasteiger partial charge in [0.1, 0.15) is 18.1 Å². The molecule has 6 heteroatoms. The van der Waals surface area contributed by atoms with Crippen molar-refractivity contribution in [3.05, 3.63) is 112 Å². The fraction of sp³-hybridized carbons (Fsp3) is 0.0741. The minimum atomic E-state index is 0.321. The molecular weight excluding hydrogens is 457 g/mol. The summed E-state index contributed by atoms with van der Waals surface area (Å²) < 4.78 is 17.2. The molecule has 0 aromatic heterocycles. The monoisotopic (exact) mass is 477 g/mol. The molecule has 4 aromatic carbocycles. The van der Waals surface area contributed by atoms with Crippen LogP contribution in [-0.2, 0) is 6.61 Å².